The number of aromatic nitrogens is 1. The van der Waals surface area contributed by atoms with Crippen molar-refractivity contribution in [2.45, 2.75) is 65.1 Å². The van der Waals surface area contributed by atoms with Crippen molar-refractivity contribution < 1.29 is 14.7 Å². The molecule has 31 heavy (non-hydrogen) atoms. The lowest BCUT2D eigenvalue weighted by molar-refractivity contribution is -0.140. The zero-order chi connectivity index (χ0) is 22.1. The lowest BCUT2D eigenvalue weighted by atomic mass is 9.86. The second kappa shape index (κ2) is 10.2. The fourth-order valence-electron chi connectivity index (χ4n) is 3.75. The summed E-state index contributed by atoms with van der Waals surface area (Å²) in [6.45, 7) is 7.86. The summed E-state index contributed by atoms with van der Waals surface area (Å²) >= 11 is 1.61. The summed E-state index contributed by atoms with van der Waals surface area (Å²) in [4.78, 5) is 32.7. The average Bonchev–Trinajstić information content (AvgIpc) is 3.30. The van der Waals surface area contributed by atoms with Crippen LogP contribution in [0.1, 0.15) is 44.9 Å². The van der Waals surface area contributed by atoms with Crippen molar-refractivity contribution in [1.82, 2.24) is 9.88 Å². The van der Waals surface area contributed by atoms with Crippen LogP contribution in [0.4, 0.5) is 0 Å². The third-order valence-electron chi connectivity index (χ3n) is 5.75. The van der Waals surface area contributed by atoms with Gasteiger partial charge in [-0.3, -0.25) is 9.59 Å². The van der Waals surface area contributed by atoms with E-state index < -0.39 is 23.6 Å². The molecule has 1 fully saturated rings. The van der Waals surface area contributed by atoms with Crippen LogP contribution in [0, 0.1) is 12.3 Å². The van der Waals surface area contributed by atoms with Crippen LogP contribution >= 0.6 is 23.7 Å². The number of β-amino-alcohol motifs (C(OH)–C–C–N with tert-alkyl or cyclic N) is 1. The van der Waals surface area contributed by atoms with Crippen LogP contribution in [0.2, 0.25) is 0 Å². The summed E-state index contributed by atoms with van der Waals surface area (Å²) in [6.07, 6.45) is 0.522. The third kappa shape index (κ3) is 5.92. The second-order valence-electron chi connectivity index (χ2n) is 9.17. The molecule has 1 aliphatic heterocycles. The predicted molar refractivity (Wildman–Crippen MR) is 126 cm³/mol. The Labute approximate surface area is 194 Å². The van der Waals surface area contributed by atoms with E-state index in [2.05, 4.69) is 17.1 Å². The molecular weight excluding hydrogens is 434 g/mol. The molecule has 170 valence electrons. The molecule has 0 aliphatic carbocycles. The number of nitrogens with zero attached hydrogens (tertiary/aromatic N) is 2. The Bertz CT molecular complexity index is 908. The summed E-state index contributed by atoms with van der Waals surface area (Å²) in [7, 11) is 0. The van der Waals surface area contributed by atoms with Gasteiger partial charge in [-0.2, -0.15) is 0 Å². The zero-order valence-corrected chi connectivity index (χ0v) is 20.1. The van der Waals surface area contributed by atoms with E-state index in [1.165, 1.54) is 4.90 Å². The Kier molecular flexibility index (Phi) is 8.39. The van der Waals surface area contributed by atoms with Crippen LogP contribution in [0.15, 0.2) is 29.8 Å². The minimum atomic E-state index is -0.708. The largest absolute Gasteiger partial charge is 0.391 e. The van der Waals surface area contributed by atoms with E-state index in [1.807, 2.05) is 45.3 Å². The quantitative estimate of drug-likeness (QED) is 0.681. The number of benzene rings is 1. The van der Waals surface area contributed by atoms with Gasteiger partial charge in [0.15, 0.2) is 5.78 Å². The van der Waals surface area contributed by atoms with Crippen LogP contribution in [0.25, 0.3) is 10.4 Å². The standard InChI is InChI=1S/C23H31N3O3S.ClH/c1-14-20(30-13-25-14)16-8-5-15(6-9-16)7-10-19(28)18-11-17(27)12-26(18)22(29)21(24)23(2,3)4;/h5-6,8-9,13,17-18,21,27H,7,10-12,24H2,1-4H3;1H/t17-,18+,21-;/m1./s1. The van der Waals surface area contributed by atoms with E-state index in [1.54, 1.807) is 11.3 Å². The first-order valence-corrected chi connectivity index (χ1v) is 11.2. The van der Waals surface area contributed by atoms with Crippen LogP contribution in [0.5, 0.6) is 0 Å². The maximum absolute atomic E-state index is 12.9. The second-order valence-corrected chi connectivity index (χ2v) is 10.0. The monoisotopic (exact) mass is 465 g/mol. The lowest BCUT2D eigenvalue weighted by Crippen LogP contribution is -2.53. The molecule has 3 N–H and O–H groups in total. The number of hydrogen-bond acceptors (Lipinski definition) is 6. The number of likely N-dealkylation sites (tertiary alicyclic amines) is 1. The number of hydrogen-bond donors (Lipinski definition) is 2. The Balaban J connectivity index is 0.00000341. The summed E-state index contributed by atoms with van der Waals surface area (Å²) < 4.78 is 0. The highest BCUT2D eigenvalue weighted by Crippen LogP contribution is 2.28. The molecule has 1 saturated heterocycles. The Morgan fingerprint density at radius 1 is 1.29 bits per heavy atom. The number of aliphatic hydroxyl groups excluding tert-OH is 1. The summed E-state index contributed by atoms with van der Waals surface area (Å²) in [5.74, 6) is -0.287. The van der Waals surface area contributed by atoms with E-state index in [0.717, 1.165) is 21.7 Å². The minimum absolute atomic E-state index is 0. The summed E-state index contributed by atoms with van der Waals surface area (Å²) in [5, 5.41) is 10.1. The van der Waals surface area contributed by atoms with Crippen molar-refractivity contribution in [3.8, 4) is 10.4 Å². The number of rotatable bonds is 6. The fraction of sp³-hybridized carbons (Fsp3) is 0.522. The minimum Gasteiger partial charge on any atom is -0.391 e. The maximum Gasteiger partial charge on any atom is 0.240 e. The van der Waals surface area contributed by atoms with Crippen molar-refractivity contribution in [3.05, 3.63) is 41.0 Å². The normalized spacial score (nSPS) is 19.7. The molecule has 0 saturated carbocycles. The van der Waals surface area contributed by atoms with Gasteiger partial charge in [0, 0.05) is 19.4 Å². The lowest BCUT2D eigenvalue weighted by Gasteiger charge is -2.32. The number of halogens is 1. The Morgan fingerprint density at radius 3 is 2.48 bits per heavy atom. The number of amides is 1. The molecule has 0 unspecified atom stereocenters. The number of nitrogens with two attached hydrogens (primary N) is 1. The molecule has 3 atom stereocenters. The average molecular weight is 466 g/mol. The van der Waals surface area contributed by atoms with Gasteiger partial charge in [-0.15, -0.1) is 23.7 Å². The van der Waals surface area contributed by atoms with Crippen molar-refractivity contribution in [2.24, 2.45) is 11.1 Å². The highest BCUT2D eigenvalue weighted by molar-refractivity contribution is 7.13. The first-order valence-electron chi connectivity index (χ1n) is 10.3. The van der Waals surface area contributed by atoms with Crippen LogP contribution in [-0.4, -0.2) is 51.4 Å². The fourth-order valence-corrected chi connectivity index (χ4v) is 4.56. The molecule has 0 bridgehead atoms. The summed E-state index contributed by atoms with van der Waals surface area (Å²) in [5.41, 5.74) is 10.8. The van der Waals surface area contributed by atoms with Crippen molar-refractivity contribution in [2.75, 3.05) is 6.54 Å². The van der Waals surface area contributed by atoms with Gasteiger partial charge in [0.2, 0.25) is 5.91 Å². The molecule has 1 amide bonds. The van der Waals surface area contributed by atoms with E-state index >= 15 is 0 Å². The zero-order valence-electron chi connectivity index (χ0n) is 18.5. The SMILES string of the molecule is Cc1ncsc1-c1ccc(CCC(=O)[C@@H]2C[C@@H](O)CN2C(=O)[C@@H](N)C(C)(C)C)cc1.Cl. The maximum atomic E-state index is 12.9. The van der Waals surface area contributed by atoms with E-state index in [4.69, 9.17) is 5.73 Å². The van der Waals surface area contributed by atoms with E-state index in [-0.39, 0.29) is 37.1 Å². The molecular formula is C23H32ClN3O3S. The molecule has 6 nitrogen and oxygen atoms in total. The van der Waals surface area contributed by atoms with Gasteiger partial charge in [-0.25, -0.2) is 4.98 Å². The van der Waals surface area contributed by atoms with Gasteiger partial charge in [0.1, 0.15) is 0 Å². The predicted octanol–water partition coefficient (Wildman–Crippen LogP) is 3.38. The molecule has 1 aromatic carbocycles. The van der Waals surface area contributed by atoms with Gasteiger partial charge in [0.05, 0.1) is 34.3 Å². The Morgan fingerprint density at radius 2 is 1.94 bits per heavy atom. The van der Waals surface area contributed by atoms with Crippen LogP contribution < -0.4 is 5.73 Å². The van der Waals surface area contributed by atoms with Gasteiger partial charge in [-0.1, -0.05) is 45.0 Å². The molecule has 2 heterocycles. The van der Waals surface area contributed by atoms with Crippen molar-refractivity contribution in [3.63, 3.8) is 0 Å². The molecule has 0 radical (unpaired) electrons. The number of carbonyl (C=O) groups is 2. The first kappa shape index (κ1) is 25.5. The molecule has 2 aromatic rings. The Hall–Kier alpha value is -1.80. The van der Waals surface area contributed by atoms with Crippen molar-refractivity contribution in [1.29, 1.82) is 0 Å². The number of ketones is 1. The highest BCUT2D eigenvalue weighted by atomic mass is 35.5. The van der Waals surface area contributed by atoms with Gasteiger partial charge < -0.3 is 15.7 Å². The topological polar surface area (TPSA) is 96.5 Å². The molecule has 3 rings (SSSR count). The van der Waals surface area contributed by atoms with Crippen LogP contribution in [-0.2, 0) is 16.0 Å². The number of Topliss-reactive ketones (excluding diaryl/α,β-unsaturated/α-hetero) is 1. The number of thiazole rings is 1. The molecule has 0 spiro atoms. The van der Waals surface area contributed by atoms with Crippen molar-refractivity contribution >= 4 is 35.4 Å². The summed E-state index contributed by atoms with van der Waals surface area (Å²) in [6, 6.07) is 6.86. The highest BCUT2D eigenvalue weighted by Gasteiger charge is 2.42. The molecule has 1 aromatic heterocycles. The van der Waals surface area contributed by atoms with E-state index in [0.29, 0.717) is 12.8 Å². The molecule has 1 aliphatic rings. The number of aliphatic hydroxyl groups is 1. The molecule has 8 heteroatoms. The van der Waals surface area contributed by atoms with E-state index in [9.17, 15) is 14.7 Å². The van der Waals surface area contributed by atoms with Crippen LogP contribution in [0.3, 0.4) is 0 Å². The first-order chi connectivity index (χ1) is 14.1. The third-order valence-corrected chi connectivity index (χ3v) is 6.73. The number of aryl methyl sites for hydroxylation is 2. The van der Waals surface area contributed by atoms with Gasteiger partial charge in [0.25, 0.3) is 0 Å². The van der Waals surface area contributed by atoms with Gasteiger partial charge in [-0.05, 0) is 29.9 Å². The van der Waals surface area contributed by atoms with Gasteiger partial charge >= 0.3 is 0 Å². The smallest absolute Gasteiger partial charge is 0.240 e. The number of carbonyl (C=O) groups excluding carboxylic acids is 2.